The first-order chi connectivity index (χ1) is 15.3. The number of aryl methyl sites for hydroxylation is 1. The van der Waals surface area contributed by atoms with Gasteiger partial charge in [0, 0.05) is 18.7 Å². The van der Waals surface area contributed by atoms with Crippen LogP contribution in [0.25, 0.3) is 0 Å². The molecule has 0 radical (unpaired) electrons. The van der Waals surface area contributed by atoms with Crippen molar-refractivity contribution in [3.63, 3.8) is 0 Å². The minimum Gasteiger partial charge on any atom is -0.465 e. The lowest BCUT2D eigenvalue weighted by Crippen LogP contribution is -2.65. The van der Waals surface area contributed by atoms with Crippen molar-refractivity contribution in [3.8, 4) is 0 Å². The molecule has 4 rings (SSSR count). The van der Waals surface area contributed by atoms with Gasteiger partial charge in [-0.3, -0.25) is 19.1 Å². The molecular weight excluding hydrogens is 410 g/mol. The molecule has 0 bridgehead atoms. The Morgan fingerprint density at radius 3 is 2.69 bits per heavy atom. The van der Waals surface area contributed by atoms with Crippen molar-refractivity contribution in [1.82, 2.24) is 25.3 Å². The van der Waals surface area contributed by atoms with E-state index in [1.165, 1.54) is 10.7 Å². The minimum atomic E-state index is -1.06. The molecule has 172 valence electrons. The topological polar surface area (TPSA) is 109 Å². The van der Waals surface area contributed by atoms with E-state index < -0.39 is 11.4 Å². The fourth-order valence-electron chi connectivity index (χ4n) is 4.58. The number of hydrogen-bond acceptors (Lipinski definition) is 5. The summed E-state index contributed by atoms with van der Waals surface area (Å²) in [5.74, 6) is 0.569. The molecular formula is C23H31N5O4. The van der Waals surface area contributed by atoms with Crippen molar-refractivity contribution in [3.05, 3.63) is 41.1 Å². The highest BCUT2D eigenvalue weighted by Crippen LogP contribution is 2.29. The lowest BCUT2D eigenvalue weighted by Gasteiger charge is -2.43. The first-order valence-corrected chi connectivity index (χ1v) is 11.4. The number of carbonyl (C=O) groups excluding carboxylic acids is 3. The molecule has 2 N–H and O–H groups in total. The van der Waals surface area contributed by atoms with Crippen LogP contribution in [0.4, 0.5) is 0 Å². The van der Waals surface area contributed by atoms with Crippen molar-refractivity contribution < 1.29 is 18.8 Å². The molecule has 1 fully saturated rings. The zero-order valence-electron chi connectivity index (χ0n) is 18.9. The molecule has 3 heterocycles. The fraction of sp³-hybridized carbons (Fsp3) is 0.565. The average Bonchev–Trinajstić information content (AvgIpc) is 3.50. The number of fused-ring (bicyclic) bond motifs is 1. The molecule has 0 unspecified atom stereocenters. The second-order valence-corrected chi connectivity index (χ2v) is 8.95. The molecule has 2 aromatic rings. The first kappa shape index (κ1) is 22.1. The van der Waals surface area contributed by atoms with E-state index in [2.05, 4.69) is 15.7 Å². The first-order valence-electron chi connectivity index (χ1n) is 11.4. The van der Waals surface area contributed by atoms with E-state index in [0.29, 0.717) is 18.0 Å². The van der Waals surface area contributed by atoms with Crippen LogP contribution in [0, 0.1) is 6.92 Å². The summed E-state index contributed by atoms with van der Waals surface area (Å²) in [4.78, 5) is 40.9. The van der Waals surface area contributed by atoms with Crippen molar-refractivity contribution >= 4 is 17.7 Å². The van der Waals surface area contributed by atoms with Gasteiger partial charge < -0.3 is 20.0 Å². The SMILES string of the molecule is CCCN1C(=O)c2cc(C(=O)NCc3ccc(C)o3)nn2C[C@]1(C)C(=O)NC1CCCC1. The van der Waals surface area contributed by atoms with E-state index in [9.17, 15) is 14.4 Å². The van der Waals surface area contributed by atoms with E-state index in [1.807, 2.05) is 19.9 Å². The van der Waals surface area contributed by atoms with Gasteiger partial charge in [-0.25, -0.2) is 0 Å². The van der Waals surface area contributed by atoms with Gasteiger partial charge in [0.15, 0.2) is 5.69 Å². The average molecular weight is 442 g/mol. The smallest absolute Gasteiger partial charge is 0.273 e. The second-order valence-electron chi connectivity index (χ2n) is 8.95. The van der Waals surface area contributed by atoms with Crippen LogP contribution >= 0.6 is 0 Å². The summed E-state index contributed by atoms with van der Waals surface area (Å²) >= 11 is 0. The van der Waals surface area contributed by atoms with Gasteiger partial charge in [-0.05, 0) is 45.2 Å². The van der Waals surface area contributed by atoms with E-state index in [4.69, 9.17) is 4.42 Å². The lowest BCUT2D eigenvalue weighted by atomic mass is 9.94. The van der Waals surface area contributed by atoms with Crippen molar-refractivity contribution in [2.75, 3.05) is 6.54 Å². The highest BCUT2D eigenvalue weighted by atomic mass is 16.3. The Balaban J connectivity index is 1.54. The summed E-state index contributed by atoms with van der Waals surface area (Å²) in [5.41, 5.74) is -0.592. The van der Waals surface area contributed by atoms with E-state index in [-0.39, 0.29) is 36.6 Å². The monoisotopic (exact) mass is 441 g/mol. The molecule has 1 atom stereocenters. The summed E-state index contributed by atoms with van der Waals surface area (Å²) in [7, 11) is 0. The molecule has 2 aromatic heterocycles. The van der Waals surface area contributed by atoms with E-state index >= 15 is 0 Å². The number of furan rings is 1. The van der Waals surface area contributed by atoms with Crippen LogP contribution in [0.1, 0.15) is 78.4 Å². The minimum absolute atomic E-state index is 0.147. The van der Waals surface area contributed by atoms with Crippen molar-refractivity contribution in [1.29, 1.82) is 0 Å². The van der Waals surface area contributed by atoms with Crippen LogP contribution in [-0.2, 0) is 17.9 Å². The normalized spacial score (nSPS) is 21.0. The standard InChI is InChI=1S/C23H31N5O4/c1-4-11-27-21(30)19-12-18(20(29)24-13-17-10-9-15(2)32-17)26-28(19)14-23(27,3)22(31)25-16-7-5-6-8-16/h9-10,12,16H,4-8,11,13-14H2,1-3H3,(H,24,29)(H,25,31)/t23-/m1/s1. The number of carbonyl (C=O) groups is 3. The molecule has 9 heteroatoms. The number of rotatable bonds is 7. The largest absolute Gasteiger partial charge is 0.465 e. The molecule has 32 heavy (non-hydrogen) atoms. The van der Waals surface area contributed by atoms with Gasteiger partial charge in [0.25, 0.3) is 11.8 Å². The zero-order valence-corrected chi connectivity index (χ0v) is 18.9. The molecule has 1 saturated carbocycles. The zero-order chi connectivity index (χ0) is 22.9. The number of hydrogen-bond donors (Lipinski definition) is 2. The lowest BCUT2D eigenvalue weighted by molar-refractivity contribution is -0.133. The third-order valence-electron chi connectivity index (χ3n) is 6.38. The number of amides is 3. The maximum Gasteiger partial charge on any atom is 0.273 e. The van der Waals surface area contributed by atoms with Crippen LogP contribution < -0.4 is 10.6 Å². The van der Waals surface area contributed by atoms with Gasteiger partial charge >= 0.3 is 0 Å². The Labute approximate surface area is 187 Å². The predicted molar refractivity (Wildman–Crippen MR) is 117 cm³/mol. The highest BCUT2D eigenvalue weighted by Gasteiger charge is 2.48. The molecule has 0 spiro atoms. The number of aromatic nitrogens is 2. The maximum atomic E-state index is 13.3. The van der Waals surface area contributed by atoms with Crippen LogP contribution in [0.5, 0.6) is 0 Å². The van der Waals surface area contributed by atoms with Crippen molar-refractivity contribution in [2.45, 2.75) is 77.5 Å². The summed E-state index contributed by atoms with van der Waals surface area (Å²) < 4.78 is 6.97. The molecule has 1 aliphatic heterocycles. The van der Waals surface area contributed by atoms with Crippen LogP contribution in [0.3, 0.4) is 0 Å². The quantitative estimate of drug-likeness (QED) is 0.686. The van der Waals surface area contributed by atoms with Gasteiger partial charge in [0.2, 0.25) is 5.91 Å². The maximum absolute atomic E-state index is 13.3. The Kier molecular flexibility index (Phi) is 6.08. The van der Waals surface area contributed by atoms with Gasteiger partial charge in [0.1, 0.15) is 22.8 Å². The Morgan fingerprint density at radius 1 is 1.28 bits per heavy atom. The molecule has 0 saturated heterocycles. The van der Waals surface area contributed by atoms with Gasteiger partial charge in [-0.2, -0.15) is 5.10 Å². The molecule has 0 aromatic carbocycles. The van der Waals surface area contributed by atoms with Gasteiger partial charge in [0.05, 0.1) is 13.1 Å². The van der Waals surface area contributed by atoms with E-state index in [1.54, 1.807) is 17.9 Å². The second kappa shape index (κ2) is 8.80. The summed E-state index contributed by atoms with van der Waals surface area (Å²) in [6, 6.07) is 5.29. The Bertz CT molecular complexity index is 1020. The third-order valence-corrected chi connectivity index (χ3v) is 6.38. The summed E-state index contributed by atoms with van der Waals surface area (Å²) in [6.07, 6.45) is 4.88. The number of nitrogens with zero attached hydrogens (tertiary/aromatic N) is 3. The predicted octanol–water partition coefficient (Wildman–Crippen LogP) is 2.40. The highest BCUT2D eigenvalue weighted by molar-refractivity contribution is 6.01. The third kappa shape index (κ3) is 4.16. The molecule has 3 amide bonds. The van der Waals surface area contributed by atoms with Gasteiger partial charge in [-0.15, -0.1) is 0 Å². The summed E-state index contributed by atoms with van der Waals surface area (Å²) in [6.45, 7) is 6.49. The van der Waals surface area contributed by atoms with Crippen LogP contribution in [-0.4, -0.2) is 50.5 Å². The molecule has 2 aliphatic rings. The van der Waals surface area contributed by atoms with E-state index in [0.717, 1.165) is 37.9 Å². The van der Waals surface area contributed by atoms with Crippen molar-refractivity contribution in [2.24, 2.45) is 0 Å². The number of nitrogens with one attached hydrogen (secondary N) is 2. The summed E-state index contributed by atoms with van der Waals surface area (Å²) in [5, 5.41) is 10.3. The van der Waals surface area contributed by atoms with Crippen LogP contribution in [0.2, 0.25) is 0 Å². The van der Waals surface area contributed by atoms with Crippen LogP contribution in [0.15, 0.2) is 22.6 Å². The fourth-order valence-corrected chi connectivity index (χ4v) is 4.58. The molecule has 1 aliphatic carbocycles. The Morgan fingerprint density at radius 2 is 2.03 bits per heavy atom. The molecule has 9 nitrogen and oxygen atoms in total. The van der Waals surface area contributed by atoms with Gasteiger partial charge in [-0.1, -0.05) is 19.8 Å². The Hall–Kier alpha value is -3.10.